The van der Waals surface area contributed by atoms with E-state index in [-0.39, 0.29) is 0 Å². The molecule has 1 aromatic heterocycles. The first-order valence-corrected chi connectivity index (χ1v) is 7.78. The van der Waals surface area contributed by atoms with E-state index in [0.717, 1.165) is 23.0 Å². The largest absolute Gasteiger partial charge is 0.296 e. The normalized spacial score (nSPS) is 16.9. The van der Waals surface area contributed by atoms with Gasteiger partial charge in [0.2, 0.25) is 0 Å². The van der Waals surface area contributed by atoms with Gasteiger partial charge in [-0.2, -0.15) is 0 Å². The molecule has 0 N–H and O–H groups in total. The first-order valence-electron chi connectivity index (χ1n) is 6.98. The van der Waals surface area contributed by atoms with Crippen molar-refractivity contribution in [2.24, 2.45) is 5.92 Å². The highest BCUT2D eigenvalue weighted by Crippen LogP contribution is 2.26. The van der Waals surface area contributed by atoms with Gasteiger partial charge in [0.15, 0.2) is 0 Å². The van der Waals surface area contributed by atoms with Gasteiger partial charge >= 0.3 is 0 Å². The van der Waals surface area contributed by atoms with Crippen LogP contribution in [0.4, 0.5) is 0 Å². The monoisotopic (exact) mass is 310 g/mol. The minimum atomic E-state index is 0.728. The van der Waals surface area contributed by atoms with Crippen LogP contribution in [0.3, 0.4) is 0 Å². The molecule has 0 spiro atoms. The summed E-state index contributed by atoms with van der Waals surface area (Å²) in [5, 5.41) is 0. The third-order valence-corrected chi connectivity index (χ3v) is 4.02. The summed E-state index contributed by atoms with van der Waals surface area (Å²) in [5.74, 6) is 0.728. The zero-order chi connectivity index (χ0) is 13.0. The molecule has 0 bridgehead atoms. The lowest BCUT2D eigenvalue weighted by Gasteiger charge is -2.30. The maximum absolute atomic E-state index is 4.27. The highest BCUT2D eigenvalue weighted by Gasteiger charge is 2.23. The molecular weight excluding hydrogens is 288 g/mol. The molecule has 0 saturated heterocycles. The van der Waals surface area contributed by atoms with E-state index in [9.17, 15) is 0 Å². The lowest BCUT2D eigenvalue weighted by molar-refractivity contribution is 0.168. The van der Waals surface area contributed by atoms with Crippen molar-refractivity contribution in [3.8, 4) is 0 Å². The second-order valence-electron chi connectivity index (χ2n) is 5.77. The van der Waals surface area contributed by atoms with Crippen molar-refractivity contribution in [2.45, 2.75) is 52.1 Å². The molecule has 0 atom stereocenters. The molecule has 1 heterocycles. The van der Waals surface area contributed by atoms with Gasteiger partial charge in [-0.1, -0.05) is 26.7 Å². The van der Waals surface area contributed by atoms with Gasteiger partial charge in [0.25, 0.3) is 0 Å². The SMILES string of the molecule is CC(C)CN(Cc1cncc(Br)c1)C1CCCC1. The minimum absolute atomic E-state index is 0.728. The molecule has 0 aromatic carbocycles. The maximum Gasteiger partial charge on any atom is 0.0410 e. The van der Waals surface area contributed by atoms with Crippen LogP contribution in [0.1, 0.15) is 45.1 Å². The molecule has 2 rings (SSSR count). The van der Waals surface area contributed by atoms with Crippen LogP contribution in [0.15, 0.2) is 22.9 Å². The van der Waals surface area contributed by atoms with Crippen molar-refractivity contribution in [2.75, 3.05) is 6.54 Å². The smallest absolute Gasteiger partial charge is 0.0410 e. The van der Waals surface area contributed by atoms with Crippen molar-refractivity contribution in [1.29, 1.82) is 0 Å². The van der Waals surface area contributed by atoms with Crippen molar-refractivity contribution in [3.63, 3.8) is 0 Å². The van der Waals surface area contributed by atoms with Crippen LogP contribution in [-0.2, 0) is 6.54 Å². The van der Waals surface area contributed by atoms with Crippen LogP contribution in [0, 0.1) is 5.92 Å². The first-order chi connectivity index (χ1) is 8.65. The fourth-order valence-corrected chi connectivity index (χ4v) is 3.27. The molecule has 18 heavy (non-hydrogen) atoms. The highest BCUT2D eigenvalue weighted by atomic mass is 79.9. The molecule has 1 aromatic rings. The van der Waals surface area contributed by atoms with Gasteiger partial charge in [-0.15, -0.1) is 0 Å². The molecule has 1 aliphatic rings. The third-order valence-electron chi connectivity index (χ3n) is 3.59. The van der Waals surface area contributed by atoms with E-state index in [1.165, 1.54) is 37.8 Å². The molecule has 0 radical (unpaired) electrons. The molecule has 0 aliphatic heterocycles. The number of hydrogen-bond acceptors (Lipinski definition) is 2. The molecular formula is C15H23BrN2. The number of nitrogens with zero attached hydrogens (tertiary/aromatic N) is 2. The van der Waals surface area contributed by atoms with Gasteiger partial charge in [0.1, 0.15) is 0 Å². The summed E-state index contributed by atoms with van der Waals surface area (Å²) in [7, 11) is 0. The Morgan fingerprint density at radius 2 is 2.06 bits per heavy atom. The summed E-state index contributed by atoms with van der Waals surface area (Å²) in [6.45, 7) is 6.84. The van der Waals surface area contributed by atoms with Gasteiger partial charge in [-0.3, -0.25) is 9.88 Å². The number of pyridine rings is 1. The van der Waals surface area contributed by atoms with Gasteiger partial charge in [0, 0.05) is 36.0 Å². The summed E-state index contributed by atoms with van der Waals surface area (Å²) in [6.07, 6.45) is 9.38. The molecule has 3 heteroatoms. The Kier molecular flexibility index (Phi) is 5.19. The quantitative estimate of drug-likeness (QED) is 0.808. The highest BCUT2D eigenvalue weighted by molar-refractivity contribution is 9.10. The summed E-state index contributed by atoms with van der Waals surface area (Å²) < 4.78 is 1.08. The molecule has 0 amide bonds. The Hall–Kier alpha value is -0.410. The van der Waals surface area contributed by atoms with E-state index in [2.05, 4.69) is 45.7 Å². The number of aromatic nitrogens is 1. The fraction of sp³-hybridized carbons (Fsp3) is 0.667. The summed E-state index contributed by atoms with van der Waals surface area (Å²) in [5.41, 5.74) is 1.32. The van der Waals surface area contributed by atoms with Crippen LogP contribution < -0.4 is 0 Å². The second kappa shape index (κ2) is 6.67. The van der Waals surface area contributed by atoms with E-state index in [0.29, 0.717) is 0 Å². The van der Waals surface area contributed by atoms with E-state index in [4.69, 9.17) is 0 Å². The molecule has 100 valence electrons. The van der Waals surface area contributed by atoms with E-state index >= 15 is 0 Å². The van der Waals surface area contributed by atoms with Crippen LogP contribution in [0.25, 0.3) is 0 Å². The van der Waals surface area contributed by atoms with Crippen molar-refractivity contribution in [3.05, 3.63) is 28.5 Å². The predicted molar refractivity (Wildman–Crippen MR) is 79.4 cm³/mol. The van der Waals surface area contributed by atoms with Crippen molar-refractivity contribution < 1.29 is 0 Å². The Bertz CT molecular complexity index is 373. The first kappa shape index (κ1) is 14.0. The predicted octanol–water partition coefficient (Wildman–Crippen LogP) is 4.24. The maximum atomic E-state index is 4.27. The van der Waals surface area contributed by atoms with Gasteiger partial charge < -0.3 is 0 Å². The van der Waals surface area contributed by atoms with Crippen LogP contribution in [0.5, 0.6) is 0 Å². The zero-order valence-corrected chi connectivity index (χ0v) is 13.0. The third kappa shape index (κ3) is 4.06. The van der Waals surface area contributed by atoms with E-state index < -0.39 is 0 Å². The molecule has 1 fully saturated rings. The fourth-order valence-electron chi connectivity index (χ4n) is 2.86. The number of hydrogen-bond donors (Lipinski definition) is 0. The van der Waals surface area contributed by atoms with Crippen molar-refractivity contribution >= 4 is 15.9 Å². The van der Waals surface area contributed by atoms with Gasteiger partial charge in [-0.25, -0.2) is 0 Å². The van der Waals surface area contributed by atoms with Crippen LogP contribution in [-0.4, -0.2) is 22.5 Å². The Morgan fingerprint density at radius 1 is 1.33 bits per heavy atom. The molecule has 0 unspecified atom stereocenters. The molecule has 2 nitrogen and oxygen atoms in total. The Labute approximate surface area is 119 Å². The Morgan fingerprint density at radius 3 is 2.67 bits per heavy atom. The number of halogens is 1. The average Bonchev–Trinajstić information content (AvgIpc) is 2.80. The van der Waals surface area contributed by atoms with E-state index in [1.807, 2.05) is 12.4 Å². The second-order valence-corrected chi connectivity index (χ2v) is 6.69. The molecule has 1 saturated carbocycles. The lowest BCUT2D eigenvalue weighted by atomic mass is 10.1. The molecule has 1 aliphatic carbocycles. The Balaban J connectivity index is 2.04. The number of rotatable bonds is 5. The zero-order valence-electron chi connectivity index (χ0n) is 11.4. The summed E-state index contributed by atoms with van der Waals surface area (Å²) >= 11 is 3.51. The average molecular weight is 311 g/mol. The minimum Gasteiger partial charge on any atom is -0.296 e. The summed E-state index contributed by atoms with van der Waals surface area (Å²) in [6, 6.07) is 2.97. The topological polar surface area (TPSA) is 16.1 Å². The summed E-state index contributed by atoms with van der Waals surface area (Å²) in [4.78, 5) is 6.92. The lowest BCUT2D eigenvalue weighted by Crippen LogP contribution is -2.35. The van der Waals surface area contributed by atoms with E-state index in [1.54, 1.807) is 0 Å². The van der Waals surface area contributed by atoms with Crippen molar-refractivity contribution in [1.82, 2.24) is 9.88 Å². The standard InChI is InChI=1S/C15H23BrN2/c1-12(2)10-18(15-5-3-4-6-15)11-13-7-14(16)9-17-8-13/h7-9,12,15H,3-6,10-11H2,1-2H3. The van der Waals surface area contributed by atoms with Gasteiger partial charge in [0.05, 0.1) is 0 Å². The van der Waals surface area contributed by atoms with Gasteiger partial charge in [-0.05, 0) is 46.3 Å². The van der Waals surface area contributed by atoms with Crippen LogP contribution >= 0.6 is 15.9 Å². The van der Waals surface area contributed by atoms with Crippen LogP contribution in [0.2, 0.25) is 0 Å².